The first kappa shape index (κ1) is 13.9. The standard InChI is InChI=1S/C10H12F3N3O2S/c11-10(12,13)6-15-19(17,18)16-4-3-7-5-8(14)1-2-9(7)16/h1-2,5,15H,3-4,6,14H2. The molecule has 1 aliphatic heterocycles. The van der Waals surface area contributed by atoms with E-state index in [1.54, 1.807) is 6.07 Å². The largest absolute Gasteiger partial charge is 0.402 e. The van der Waals surface area contributed by atoms with Crippen LogP contribution < -0.4 is 14.8 Å². The van der Waals surface area contributed by atoms with Crippen LogP contribution in [0.2, 0.25) is 0 Å². The number of nitrogens with one attached hydrogen (secondary N) is 1. The van der Waals surface area contributed by atoms with Crippen LogP contribution in [-0.2, 0) is 16.6 Å². The van der Waals surface area contributed by atoms with E-state index >= 15 is 0 Å². The monoisotopic (exact) mass is 295 g/mol. The van der Waals surface area contributed by atoms with Crippen molar-refractivity contribution in [3.05, 3.63) is 23.8 Å². The SMILES string of the molecule is Nc1ccc2c(c1)CCN2S(=O)(=O)NCC(F)(F)F. The Bertz CT molecular complexity index is 586. The van der Waals surface area contributed by atoms with Gasteiger partial charge in [-0.05, 0) is 30.2 Å². The summed E-state index contributed by atoms with van der Waals surface area (Å²) >= 11 is 0. The van der Waals surface area contributed by atoms with Gasteiger partial charge in [-0.1, -0.05) is 0 Å². The van der Waals surface area contributed by atoms with Crippen LogP contribution in [0.1, 0.15) is 5.56 Å². The number of hydrogen-bond acceptors (Lipinski definition) is 3. The summed E-state index contributed by atoms with van der Waals surface area (Å²) in [5.74, 6) is 0. The van der Waals surface area contributed by atoms with E-state index in [9.17, 15) is 21.6 Å². The van der Waals surface area contributed by atoms with E-state index in [2.05, 4.69) is 0 Å². The molecule has 106 valence electrons. The van der Waals surface area contributed by atoms with Crippen LogP contribution in [0.3, 0.4) is 0 Å². The Balaban J connectivity index is 2.21. The third-order valence-electron chi connectivity index (χ3n) is 2.70. The fourth-order valence-corrected chi connectivity index (χ4v) is 3.16. The maximum Gasteiger partial charge on any atom is 0.402 e. The first-order valence-corrected chi connectivity index (χ1v) is 6.85. The highest BCUT2D eigenvalue weighted by molar-refractivity contribution is 7.90. The topological polar surface area (TPSA) is 75.4 Å². The van der Waals surface area contributed by atoms with Crippen LogP contribution in [-0.4, -0.2) is 27.7 Å². The van der Waals surface area contributed by atoms with Gasteiger partial charge < -0.3 is 5.73 Å². The molecule has 1 aromatic rings. The molecule has 5 nitrogen and oxygen atoms in total. The molecule has 0 saturated heterocycles. The van der Waals surface area contributed by atoms with Crippen molar-refractivity contribution in [2.75, 3.05) is 23.1 Å². The van der Waals surface area contributed by atoms with Gasteiger partial charge in [-0.25, -0.2) is 0 Å². The molecular weight excluding hydrogens is 283 g/mol. The lowest BCUT2D eigenvalue weighted by Crippen LogP contribution is -2.43. The van der Waals surface area contributed by atoms with Gasteiger partial charge in [-0.2, -0.15) is 26.3 Å². The molecule has 0 amide bonds. The molecule has 0 spiro atoms. The molecule has 19 heavy (non-hydrogen) atoms. The quantitative estimate of drug-likeness (QED) is 0.818. The van der Waals surface area contributed by atoms with Gasteiger partial charge >= 0.3 is 16.4 Å². The van der Waals surface area contributed by atoms with Crippen molar-refractivity contribution >= 4 is 21.6 Å². The normalized spacial score (nSPS) is 15.6. The minimum Gasteiger partial charge on any atom is -0.399 e. The molecule has 0 unspecified atom stereocenters. The Morgan fingerprint density at radius 1 is 1.37 bits per heavy atom. The number of alkyl halides is 3. The Morgan fingerprint density at radius 2 is 2.05 bits per heavy atom. The fraction of sp³-hybridized carbons (Fsp3) is 0.400. The summed E-state index contributed by atoms with van der Waals surface area (Å²) in [6, 6.07) is 4.62. The van der Waals surface area contributed by atoms with Crippen molar-refractivity contribution < 1.29 is 21.6 Å². The number of nitrogens with two attached hydrogens (primary N) is 1. The van der Waals surface area contributed by atoms with Crippen molar-refractivity contribution in [1.82, 2.24) is 4.72 Å². The number of fused-ring (bicyclic) bond motifs is 1. The number of nitrogen functional groups attached to an aromatic ring is 1. The number of halogens is 3. The second-order valence-corrected chi connectivity index (χ2v) is 5.83. The highest BCUT2D eigenvalue weighted by Crippen LogP contribution is 2.31. The maximum atomic E-state index is 12.1. The lowest BCUT2D eigenvalue weighted by atomic mass is 10.1. The van der Waals surface area contributed by atoms with Gasteiger partial charge in [0.2, 0.25) is 0 Å². The lowest BCUT2D eigenvalue weighted by molar-refractivity contribution is -0.121. The number of hydrogen-bond donors (Lipinski definition) is 2. The highest BCUT2D eigenvalue weighted by atomic mass is 32.2. The maximum absolute atomic E-state index is 12.1. The van der Waals surface area contributed by atoms with Crippen LogP contribution in [0, 0.1) is 0 Å². The fourth-order valence-electron chi connectivity index (χ4n) is 1.89. The summed E-state index contributed by atoms with van der Waals surface area (Å²) in [5, 5.41) is 0. The average Bonchev–Trinajstić information content (AvgIpc) is 2.69. The number of anilines is 2. The van der Waals surface area contributed by atoms with Gasteiger partial charge in [-0.15, -0.1) is 0 Å². The van der Waals surface area contributed by atoms with Gasteiger partial charge in [0.05, 0.1) is 5.69 Å². The van der Waals surface area contributed by atoms with Crippen molar-refractivity contribution in [2.24, 2.45) is 0 Å². The number of nitrogens with zero attached hydrogens (tertiary/aromatic N) is 1. The zero-order valence-corrected chi connectivity index (χ0v) is 10.6. The summed E-state index contributed by atoms with van der Waals surface area (Å²) in [6.45, 7) is -1.48. The van der Waals surface area contributed by atoms with E-state index in [0.29, 0.717) is 23.4 Å². The van der Waals surface area contributed by atoms with Crippen molar-refractivity contribution in [2.45, 2.75) is 12.6 Å². The van der Waals surface area contributed by atoms with E-state index in [0.717, 1.165) is 4.31 Å². The van der Waals surface area contributed by atoms with Gasteiger partial charge in [0, 0.05) is 12.2 Å². The Hall–Kier alpha value is -1.48. The molecule has 0 aliphatic carbocycles. The second kappa shape index (κ2) is 4.57. The summed E-state index contributed by atoms with van der Waals surface area (Å²) < 4.78 is 62.3. The molecule has 0 saturated carbocycles. The molecule has 0 radical (unpaired) electrons. The minimum absolute atomic E-state index is 0.103. The zero-order valence-electron chi connectivity index (χ0n) is 9.74. The van der Waals surface area contributed by atoms with Gasteiger partial charge in [0.25, 0.3) is 0 Å². The molecule has 0 atom stereocenters. The molecule has 1 heterocycles. The van der Waals surface area contributed by atoms with Gasteiger partial charge in [0.15, 0.2) is 0 Å². The molecule has 0 fully saturated rings. The van der Waals surface area contributed by atoms with Gasteiger partial charge in [-0.3, -0.25) is 4.31 Å². The average molecular weight is 295 g/mol. The van der Waals surface area contributed by atoms with E-state index in [4.69, 9.17) is 5.73 Å². The van der Waals surface area contributed by atoms with E-state index in [1.807, 2.05) is 0 Å². The van der Waals surface area contributed by atoms with Crippen molar-refractivity contribution in [1.29, 1.82) is 0 Å². The zero-order chi connectivity index (χ0) is 14.3. The summed E-state index contributed by atoms with van der Waals surface area (Å²) in [5.41, 5.74) is 7.13. The second-order valence-electron chi connectivity index (χ2n) is 4.15. The van der Waals surface area contributed by atoms with E-state index in [-0.39, 0.29) is 6.54 Å². The van der Waals surface area contributed by atoms with Crippen molar-refractivity contribution in [3.8, 4) is 0 Å². The molecule has 0 bridgehead atoms. The summed E-state index contributed by atoms with van der Waals surface area (Å²) in [4.78, 5) is 0. The molecule has 9 heteroatoms. The summed E-state index contributed by atoms with van der Waals surface area (Å²) in [7, 11) is -4.20. The number of benzene rings is 1. The Kier molecular flexibility index (Phi) is 3.35. The third-order valence-corrected chi connectivity index (χ3v) is 4.17. The van der Waals surface area contributed by atoms with Crippen LogP contribution >= 0.6 is 0 Å². The predicted octanol–water partition coefficient (Wildman–Crippen LogP) is 1.03. The minimum atomic E-state index is -4.59. The van der Waals surface area contributed by atoms with Crippen LogP contribution in [0.25, 0.3) is 0 Å². The number of rotatable bonds is 3. The Morgan fingerprint density at radius 3 is 2.68 bits per heavy atom. The van der Waals surface area contributed by atoms with Crippen LogP contribution in [0.15, 0.2) is 18.2 Å². The molecular formula is C10H12F3N3O2S. The molecule has 3 N–H and O–H groups in total. The van der Waals surface area contributed by atoms with Crippen molar-refractivity contribution in [3.63, 3.8) is 0 Å². The molecule has 1 aliphatic rings. The van der Waals surface area contributed by atoms with E-state index < -0.39 is 22.9 Å². The smallest absolute Gasteiger partial charge is 0.399 e. The lowest BCUT2D eigenvalue weighted by Gasteiger charge is -2.20. The third kappa shape index (κ3) is 3.10. The van der Waals surface area contributed by atoms with E-state index in [1.165, 1.54) is 16.9 Å². The molecule has 2 rings (SSSR count). The first-order chi connectivity index (χ1) is 8.69. The van der Waals surface area contributed by atoms with Crippen LogP contribution in [0.5, 0.6) is 0 Å². The van der Waals surface area contributed by atoms with Crippen LogP contribution in [0.4, 0.5) is 24.5 Å². The first-order valence-electron chi connectivity index (χ1n) is 5.41. The predicted molar refractivity (Wildman–Crippen MR) is 64.9 cm³/mol. The molecule has 0 aromatic heterocycles. The molecule has 1 aromatic carbocycles. The summed E-state index contributed by atoms with van der Waals surface area (Å²) in [6.07, 6.45) is -4.16. The highest BCUT2D eigenvalue weighted by Gasteiger charge is 2.34. The Labute approximate surface area is 108 Å². The van der Waals surface area contributed by atoms with Gasteiger partial charge in [0.1, 0.15) is 6.54 Å².